The first-order valence-corrected chi connectivity index (χ1v) is 7.81. The summed E-state index contributed by atoms with van der Waals surface area (Å²) in [5, 5.41) is 7.81. The molecule has 0 bridgehead atoms. The summed E-state index contributed by atoms with van der Waals surface area (Å²) in [5.74, 6) is 1.54. The quantitative estimate of drug-likeness (QED) is 0.851. The van der Waals surface area contributed by atoms with E-state index in [2.05, 4.69) is 41.4 Å². The number of nitrogens with zero attached hydrogens (tertiary/aromatic N) is 2. The smallest absolute Gasteiger partial charge is 0.137 e. The molecule has 0 saturated carbocycles. The van der Waals surface area contributed by atoms with Gasteiger partial charge in [0.2, 0.25) is 0 Å². The highest BCUT2D eigenvalue weighted by molar-refractivity contribution is 5.14. The van der Waals surface area contributed by atoms with Crippen molar-refractivity contribution in [3.8, 4) is 0 Å². The maximum Gasteiger partial charge on any atom is 0.137 e. The van der Waals surface area contributed by atoms with E-state index >= 15 is 0 Å². The minimum Gasteiger partial charge on any atom is -0.377 e. The molecule has 118 valence electrons. The van der Waals surface area contributed by atoms with Crippen LogP contribution < -0.4 is 5.32 Å². The third-order valence-corrected chi connectivity index (χ3v) is 3.88. The van der Waals surface area contributed by atoms with E-state index in [4.69, 9.17) is 9.26 Å². The molecule has 0 radical (unpaired) electrons. The van der Waals surface area contributed by atoms with Crippen LogP contribution in [0.25, 0.3) is 0 Å². The van der Waals surface area contributed by atoms with Crippen LogP contribution in [0.3, 0.4) is 0 Å². The van der Waals surface area contributed by atoms with Gasteiger partial charge in [-0.05, 0) is 17.5 Å². The van der Waals surface area contributed by atoms with Gasteiger partial charge in [-0.3, -0.25) is 4.98 Å². The topological polar surface area (TPSA) is 60.2 Å². The number of ether oxygens (including phenoxy) is 1. The SMILES string of the molecule is CC(C)Cc1cc(CC2(NCc3cccnc3)COC2)no1. The average Bonchev–Trinajstić information content (AvgIpc) is 2.89. The highest BCUT2D eigenvalue weighted by Gasteiger charge is 2.39. The van der Waals surface area contributed by atoms with Crippen LogP contribution in [0.4, 0.5) is 0 Å². The fourth-order valence-corrected chi connectivity index (χ4v) is 2.69. The van der Waals surface area contributed by atoms with Crippen LogP contribution in [0.1, 0.15) is 30.9 Å². The number of aromatic nitrogens is 2. The lowest BCUT2D eigenvalue weighted by Gasteiger charge is -2.42. The van der Waals surface area contributed by atoms with Gasteiger partial charge in [0.1, 0.15) is 5.76 Å². The molecule has 22 heavy (non-hydrogen) atoms. The van der Waals surface area contributed by atoms with Gasteiger partial charge in [0.05, 0.1) is 24.4 Å². The van der Waals surface area contributed by atoms with Crippen molar-refractivity contribution < 1.29 is 9.26 Å². The van der Waals surface area contributed by atoms with Gasteiger partial charge in [-0.15, -0.1) is 0 Å². The molecule has 1 N–H and O–H groups in total. The second kappa shape index (κ2) is 6.58. The third kappa shape index (κ3) is 3.72. The van der Waals surface area contributed by atoms with Crippen molar-refractivity contribution >= 4 is 0 Å². The lowest BCUT2D eigenvalue weighted by Crippen LogP contribution is -2.61. The normalized spacial score (nSPS) is 16.7. The maximum absolute atomic E-state index is 5.43. The van der Waals surface area contributed by atoms with Crippen molar-refractivity contribution in [2.24, 2.45) is 5.92 Å². The summed E-state index contributed by atoms with van der Waals surface area (Å²) in [6.07, 6.45) is 5.43. The Kier molecular flexibility index (Phi) is 4.55. The molecule has 0 atom stereocenters. The van der Waals surface area contributed by atoms with Crippen molar-refractivity contribution in [3.63, 3.8) is 0 Å². The molecule has 0 aliphatic carbocycles. The molecule has 1 saturated heterocycles. The van der Waals surface area contributed by atoms with Crippen LogP contribution >= 0.6 is 0 Å². The number of nitrogens with one attached hydrogen (secondary N) is 1. The lowest BCUT2D eigenvalue weighted by atomic mass is 9.90. The minimum atomic E-state index is -0.0399. The standard InChI is InChI=1S/C17H23N3O2/c1-13(2)6-16-7-15(20-22-16)8-17(11-21-12-17)19-10-14-4-3-5-18-9-14/h3-5,7,9,13,19H,6,8,10-12H2,1-2H3. The van der Waals surface area contributed by atoms with E-state index in [1.807, 2.05) is 12.3 Å². The van der Waals surface area contributed by atoms with Crippen molar-refractivity contribution in [1.82, 2.24) is 15.5 Å². The van der Waals surface area contributed by atoms with Crippen LogP contribution in [0.2, 0.25) is 0 Å². The average molecular weight is 301 g/mol. The monoisotopic (exact) mass is 301 g/mol. The lowest BCUT2D eigenvalue weighted by molar-refractivity contribution is -0.0755. The highest BCUT2D eigenvalue weighted by atomic mass is 16.5. The van der Waals surface area contributed by atoms with Gasteiger partial charge < -0.3 is 14.6 Å². The molecule has 3 rings (SSSR count). The molecule has 2 aromatic rings. The molecule has 2 aromatic heterocycles. The molecule has 1 aliphatic rings. The molecular formula is C17H23N3O2. The van der Waals surface area contributed by atoms with Gasteiger partial charge in [0, 0.05) is 37.8 Å². The minimum absolute atomic E-state index is 0.0399. The highest BCUT2D eigenvalue weighted by Crippen LogP contribution is 2.23. The van der Waals surface area contributed by atoms with Gasteiger partial charge in [-0.25, -0.2) is 0 Å². The van der Waals surface area contributed by atoms with Gasteiger partial charge in [-0.1, -0.05) is 25.1 Å². The Balaban J connectivity index is 1.60. The maximum atomic E-state index is 5.43. The summed E-state index contributed by atoms with van der Waals surface area (Å²) in [6, 6.07) is 6.10. The van der Waals surface area contributed by atoms with Gasteiger partial charge in [0.25, 0.3) is 0 Å². The van der Waals surface area contributed by atoms with E-state index in [-0.39, 0.29) is 5.54 Å². The molecule has 0 unspecified atom stereocenters. The summed E-state index contributed by atoms with van der Waals surface area (Å²) in [7, 11) is 0. The Morgan fingerprint density at radius 3 is 2.86 bits per heavy atom. The Labute approximate surface area is 131 Å². The van der Waals surface area contributed by atoms with E-state index in [9.17, 15) is 0 Å². The van der Waals surface area contributed by atoms with Crippen LogP contribution in [0, 0.1) is 5.92 Å². The van der Waals surface area contributed by atoms with Crippen LogP contribution in [0.5, 0.6) is 0 Å². The zero-order valence-corrected chi connectivity index (χ0v) is 13.2. The fraction of sp³-hybridized carbons (Fsp3) is 0.529. The molecule has 0 spiro atoms. The summed E-state index contributed by atoms with van der Waals surface area (Å²) in [5.41, 5.74) is 2.13. The summed E-state index contributed by atoms with van der Waals surface area (Å²) in [4.78, 5) is 4.15. The Morgan fingerprint density at radius 1 is 1.36 bits per heavy atom. The number of hydrogen-bond donors (Lipinski definition) is 1. The molecule has 5 nitrogen and oxygen atoms in total. The number of rotatable bonds is 7. The number of hydrogen-bond acceptors (Lipinski definition) is 5. The van der Waals surface area contributed by atoms with Crippen LogP contribution in [-0.4, -0.2) is 28.9 Å². The van der Waals surface area contributed by atoms with Gasteiger partial charge in [0.15, 0.2) is 0 Å². The third-order valence-electron chi connectivity index (χ3n) is 3.88. The molecule has 1 fully saturated rings. The predicted molar refractivity (Wildman–Crippen MR) is 83.4 cm³/mol. The van der Waals surface area contributed by atoms with Crippen LogP contribution in [0.15, 0.2) is 35.1 Å². The fourth-order valence-electron chi connectivity index (χ4n) is 2.69. The largest absolute Gasteiger partial charge is 0.377 e. The molecule has 0 aromatic carbocycles. The van der Waals surface area contributed by atoms with Crippen LogP contribution in [-0.2, 0) is 24.1 Å². The number of pyridine rings is 1. The molecule has 0 amide bonds. The second-order valence-electron chi connectivity index (χ2n) is 6.55. The summed E-state index contributed by atoms with van der Waals surface area (Å²) >= 11 is 0. The van der Waals surface area contributed by atoms with E-state index in [1.54, 1.807) is 6.20 Å². The molecule has 1 aliphatic heterocycles. The summed E-state index contributed by atoms with van der Waals surface area (Å²) in [6.45, 7) is 6.56. The first-order valence-electron chi connectivity index (χ1n) is 7.81. The van der Waals surface area contributed by atoms with Crippen molar-refractivity contribution in [1.29, 1.82) is 0 Å². The van der Waals surface area contributed by atoms with Gasteiger partial charge >= 0.3 is 0 Å². The Hall–Kier alpha value is -1.72. The van der Waals surface area contributed by atoms with Crippen molar-refractivity contribution in [2.45, 2.75) is 38.8 Å². The van der Waals surface area contributed by atoms with E-state index in [1.165, 1.54) is 5.56 Å². The predicted octanol–water partition coefficient (Wildman–Crippen LogP) is 2.37. The zero-order valence-electron chi connectivity index (χ0n) is 13.2. The van der Waals surface area contributed by atoms with Crippen molar-refractivity contribution in [3.05, 3.63) is 47.6 Å². The van der Waals surface area contributed by atoms with E-state index in [0.29, 0.717) is 19.1 Å². The van der Waals surface area contributed by atoms with E-state index < -0.39 is 0 Å². The first kappa shape index (κ1) is 15.2. The van der Waals surface area contributed by atoms with Crippen molar-refractivity contribution in [2.75, 3.05) is 13.2 Å². The first-order chi connectivity index (χ1) is 10.7. The molecule has 5 heteroatoms. The van der Waals surface area contributed by atoms with Gasteiger partial charge in [-0.2, -0.15) is 0 Å². The molecular weight excluding hydrogens is 278 g/mol. The summed E-state index contributed by atoms with van der Waals surface area (Å²) < 4.78 is 10.9. The molecule has 3 heterocycles. The Morgan fingerprint density at radius 2 is 2.23 bits per heavy atom. The zero-order chi connectivity index (χ0) is 15.4. The van der Waals surface area contributed by atoms with E-state index in [0.717, 1.165) is 30.8 Å². The Bertz CT molecular complexity index is 591. The second-order valence-corrected chi connectivity index (χ2v) is 6.55.